The van der Waals surface area contributed by atoms with Gasteiger partial charge >= 0.3 is 0 Å². The second-order valence-corrected chi connectivity index (χ2v) is 4.41. The van der Waals surface area contributed by atoms with Crippen LogP contribution in [0.1, 0.15) is 33.1 Å². The number of amides is 1. The molecule has 1 rings (SSSR count). The van der Waals surface area contributed by atoms with Gasteiger partial charge in [-0.1, -0.05) is 6.42 Å². The maximum Gasteiger partial charge on any atom is 0.246 e. The number of ether oxygens (including phenoxy) is 1. The van der Waals surface area contributed by atoms with Crippen LogP contribution in [0.4, 0.5) is 0 Å². The molecule has 1 aliphatic rings. The van der Waals surface area contributed by atoms with Gasteiger partial charge in [-0.25, -0.2) is 0 Å². The van der Waals surface area contributed by atoms with Crippen LogP contribution in [0, 0.1) is 5.92 Å². The Kier molecular flexibility index (Phi) is 5.05. The Morgan fingerprint density at radius 1 is 1.53 bits per heavy atom. The Balaban J connectivity index is 2.24. The van der Waals surface area contributed by atoms with Crippen molar-refractivity contribution in [3.05, 3.63) is 0 Å². The van der Waals surface area contributed by atoms with Gasteiger partial charge < -0.3 is 15.2 Å². The van der Waals surface area contributed by atoms with Crippen LogP contribution in [0.2, 0.25) is 0 Å². The van der Waals surface area contributed by atoms with Gasteiger partial charge in [0.25, 0.3) is 0 Å². The van der Waals surface area contributed by atoms with E-state index in [4.69, 9.17) is 9.84 Å². The van der Waals surface area contributed by atoms with E-state index in [-0.39, 0.29) is 37.2 Å². The molecule has 0 aliphatic heterocycles. The molecule has 2 N–H and O–H groups in total. The summed E-state index contributed by atoms with van der Waals surface area (Å²) in [6.45, 7) is 4.08. The van der Waals surface area contributed by atoms with Gasteiger partial charge in [-0.05, 0) is 26.7 Å². The summed E-state index contributed by atoms with van der Waals surface area (Å²) in [7, 11) is 0. The van der Waals surface area contributed by atoms with Crippen molar-refractivity contribution in [1.29, 1.82) is 0 Å². The van der Waals surface area contributed by atoms with Crippen LogP contribution in [0.25, 0.3) is 0 Å². The van der Waals surface area contributed by atoms with Crippen molar-refractivity contribution >= 4 is 5.91 Å². The van der Waals surface area contributed by atoms with E-state index >= 15 is 0 Å². The maximum absolute atomic E-state index is 11.4. The summed E-state index contributed by atoms with van der Waals surface area (Å²) >= 11 is 0. The summed E-state index contributed by atoms with van der Waals surface area (Å²) in [4.78, 5) is 11.4. The smallest absolute Gasteiger partial charge is 0.246 e. The summed E-state index contributed by atoms with van der Waals surface area (Å²) in [5, 5.41) is 12.0. The van der Waals surface area contributed by atoms with Crippen LogP contribution in [0.3, 0.4) is 0 Å². The highest BCUT2D eigenvalue weighted by molar-refractivity contribution is 5.77. The Bertz CT molecular complexity index is 206. The maximum atomic E-state index is 11.4. The van der Waals surface area contributed by atoms with Crippen molar-refractivity contribution in [2.24, 2.45) is 5.92 Å². The zero-order valence-corrected chi connectivity index (χ0v) is 9.53. The lowest BCUT2D eigenvalue weighted by Gasteiger charge is -2.19. The molecule has 15 heavy (non-hydrogen) atoms. The molecular weight excluding hydrogens is 194 g/mol. The number of hydrogen-bond acceptors (Lipinski definition) is 3. The highest BCUT2D eigenvalue weighted by Gasteiger charge is 2.27. The summed E-state index contributed by atoms with van der Waals surface area (Å²) in [6.07, 6.45) is 3.14. The average Bonchev–Trinajstić information content (AvgIpc) is 2.62. The van der Waals surface area contributed by atoms with Crippen LogP contribution in [0.15, 0.2) is 0 Å². The predicted molar refractivity (Wildman–Crippen MR) is 57.4 cm³/mol. The number of aliphatic hydroxyl groups is 1. The van der Waals surface area contributed by atoms with Crippen molar-refractivity contribution in [2.75, 3.05) is 13.2 Å². The fourth-order valence-electron chi connectivity index (χ4n) is 1.94. The van der Waals surface area contributed by atoms with E-state index in [9.17, 15) is 4.79 Å². The number of carbonyl (C=O) groups excluding carboxylic acids is 1. The number of carbonyl (C=O) groups is 1. The number of rotatable bonds is 5. The van der Waals surface area contributed by atoms with Gasteiger partial charge in [0, 0.05) is 18.6 Å². The van der Waals surface area contributed by atoms with Gasteiger partial charge in [0.15, 0.2) is 0 Å². The molecule has 4 heteroatoms. The monoisotopic (exact) mass is 215 g/mol. The predicted octanol–water partition coefficient (Wildman–Crippen LogP) is 0.689. The lowest BCUT2D eigenvalue weighted by Crippen LogP contribution is -2.40. The second-order valence-electron chi connectivity index (χ2n) is 4.41. The molecule has 2 atom stereocenters. The molecule has 0 radical (unpaired) electrons. The lowest BCUT2D eigenvalue weighted by molar-refractivity contribution is -0.128. The fourth-order valence-corrected chi connectivity index (χ4v) is 1.94. The minimum Gasteiger partial charge on any atom is -0.396 e. The molecule has 0 aromatic carbocycles. The van der Waals surface area contributed by atoms with Crippen molar-refractivity contribution in [3.8, 4) is 0 Å². The molecule has 0 aromatic rings. The van der Waals surface area contributed by atoms with Gasteiger partial charge in [0.2, 0.25) is 5.91 Å². The quantitative estimate of drug-likeness (QED) is 0.709. The first-order chi connectivity index (χ1) is 7.13. The number of hydrogen-bond donors (Lipinski definition) is 2. The van der Waals surface area contributed by atoms with E-state index in [1.54, 1.807) is 0 Å². The Morgan fingerprint density at radius 2 is 2.27 bits per heavy atom. The minimum absolute atomic E-state index is 0.0750. The standard InChI is InChI=1S/C11H21NO3/c1-8(2)15-7-11(14)12-10-5-3-4-9(10)6-13/h8-10,13H,3-7H2,1-2H3,(H,12,14). The third kappa shape index (κ3) is 4.18. The van der Waals surface area contributed by atoms with E-state index in [0.29, 0.717) is 0 Å². The van der Waals surface area contributed by atoms with Crippen LogP contribution in [0.5, 0.6) is 0 Å². The van der Waals surface area contributed by atoms with Crippen LogP contribution in [-0.4, -0.2) is 36.4 Å². The summed E-state index contributed by atoms with van der Waals surface area (Å²) in [5.41, 5.74) is 0. The Labute approximate surface area is 91.0 Å². The summed E-state index contributed by atoms with van der Waals surface area (Å²) in [6, 6.07) is 0.137. The Morgan fingerprint density at radius 3 is 2.87 bits per heavy atom. The molecule has 0 aromatic heterocycles. The number of aliphatic hydroxyl groups excluding tert-OH is 1. The second kappa shape index (κ2) is 6.08. The normalized spacial score (nSPS) is 25.9. The molecule has 1 aliphatic carbocycles. The molecular formula is C11H21NO3. The zero-order valence-electron chi connectivity index (χ0n) is 9.53. The molecule has 1 amide bonds. The van der Waals surface area contributed by atoms with E-state index in [2.05, 4.69) is 5.32 Å². The van der Waals surface area contributed by atoms with E-state index < -0.39 is 0 Å². The molecule has 0 saturated heterocycles. The first-order valence-corrected chi connectivity index (χ1v) is 5.65. The molecule has 88 valence electrons. The molecule has 4 nitrogen and oxygen atoms in total. The third-order valence-electron chi connectivity index (χ3n) is 2.79. The highest BCUT2D eigenvalue weighted by atomic mass is 16.5. The van der Waals surface area contributed by atoms with Gasteiger partial charge in [-0.2, -0.15) is 0 Å². The van der Waals surface area contributed by atoms with Crippen molar-refractivity contribution < 1.29 is 14.6 Å². The third-order valence-corrected chi connectivity index (χ3v) is 2.79. The molecule has 1 saturated carbocycles. The molecule has 0 bridgehead atoms. The van der Waals surface area contributed by atoms with Crippen molar-refractivity contribution in [1.82, 2.24) is 5.32 Å². The molecule has 1 fully saturated rings. The largest absolute Gasteiger partial charge is 0.396 e. The van der Waals surface area contributed by atoms with E-state index in [1.807, 2.05) is 13.8 Å². The van der Waals surface area contributed by atoms with Gasteiger partial charge in [-0.15, -0.1) is 0 Å². The van der Waals surface area contributed by atoms with Gasteiger partial charge in [0.1, 0.15) is 6.61 Å². The van der Waals surface area contributed by atoms with E-state index in [1.165, 1.54) is 0 Å². The first-order valence-electron chi connectivity index (χ1n) is 5.65. The van der Waals surface area contributed by atoms with Gasteiger partial charge in [-0.3, -0.25) is 4.79 Å². The first kappa shape index (κ1) is 12.5. The van der Waals surface area contributed by atoms with Crippen LogP contribution in [-0.2, 0) is 9.53 Å². The van der Waals surface area contributed by atoms with Gasteiger partial charge in [0.05, 0.1) is 6.10 Å². The fraction of sp³-hybridized carbons (Fsp3) is 0.909. The minimum atomic E-state index is -0.0750. The lowest BCUT2D eigenvalue weighted by atomic mass is 10.1. The summed E-state index contributed by atoms with van der Waals surface area (Å²) in [5.74, 6) is 0.155. The molecule has 0 heterocycles. The van der Waals surface area contributed by atoms with Crippen LogP contribution >= 0.6 is 0 Å². The van der Waals surface area contributed by atoms with Crippen LogP contribution < -0.4 is 5.32 Å². The highest BCUT2D eigenvalue weighted by Crippen LogP contribution is 2.24. The summed E-state index contributed by atoms with van der Waals surface area (Å²) < 4.78 is 5.21. The molecule has 0 spiro atoms. The topological polar surface area (TPSA) is 58.6 Å². The van der Waals surface area contributed by atoms with Crippen molar-refractivity contribution in [2.45, 2.75) is 45.3 Å². The SMILES string of the molecule is CC(C)OCC(=O)NC1CCCC1CO. The average molecular weight is 215 g/mol. The zero-order chi connectivity index (χ0) is 11.3. The Hall–Kier alpha value is -0.610. The van der Waals surface area contributed by atoms with Crippen molar-refractivity contribution in [3.63, 3.8) is 0 Å². The molecule has 2 unspecified atom stereocenters. The number of nitrogens with one attached hydrogen (secondary N) is 1. The van der Waals surface area contributed by atoms with E-state index in [0.717, 1.165) is 19.3 Å².